The minimum atomic E-state index is -0.492. The highest BCUT2D eigenvalue weighted by Crippen LogP contribution is 2.32. The zero-order chi connectivity index (χ0) is 18.4. The molecule has 0 aromatic carbocycles. The molecule has 2 aliphatic rings. The van der Waals surface area contributed by atoms with Crippen molar-refractivity contribution in [3.63, 3.8) is 0 Å². The van der Waals surface area contributed by atoms with Gasteiger partial charge in [-0.05, 0) is 39.4 Å². The van der Waals surface area contributed by atoms with E-state index in [1.165, 1.54) is 0 Å². The smallest absolute Gasteiger partial charge is 0.407 e. The second-order valence-corrected chi connectivity index (χ2v) is 8.61. The van der Waals surface area contributed by atoms with E-state index < -0.39 is 11.7 Å². The van der Waals surface area contributed by atoms with Crippen molar-refractivity contribution in [1.29, 1.82) is 0 Å². The number of carbonyl (C=O) groups excluding carboxylic acids is 2. The molecule has 2 unspecified atom stereocenters. The maximum Gasteiger partial charge on any atom is 0.407 e. The zero-order valence-corrected chi connectivity index (χ0v) is 16.5. The molecule has 0 aromatic heterocycles. The SMILES string of the molecule is CCS/C(=N/CCNC(=O)OC(C)(C)C)N1C2CCC1CN(C=O)C2. The summed E-state index contributed by atoms with van der Waals surface area (Å²) in [7, 11) is 0. The lowest BCUT2D eigenvalue weighted by Crippen LogP contribution is -2.54. The van der Waals surface area contributed by atoms with Crippen LogP contribution in [0.15, 0.2) is 4.99 Å². The Labute approximate surface area is 154 Å². The molecule has 2 aliphatic heterocycles. The van der Waals surface area contributed by atoms with Crippen LogP contribution in [-0.4, -0.2) is 77.1 Å². The third-order valence-corrected chi connectivity index (χ3v) is 5.07. The first kappa shape index (κ1) is 19.9. The van der Waals surface area contributed by atoms with Gasteiger partial charge in [0.05, 0.1) is 6.54 Å². The number of aliphatic imine (C=N–C) groups is 1. The molecule has 0 radical (unpaired) electrons. The third-order valence-electron chi connectivity index (χ3n) is 4.18. The van der Waals surface area contributed by atoms with E-state index >= 15 is 0 Å². The van der Waals surface area contributed by atoms with Crippen molar-refractivity contribution in [1.82, 2.24) is 15.1 Å². The number of rotatable bonds is 5. The summed E-state index contributed by atoms with van der Waals surface area (Å²) in [6.45, 7) is 10.2. The first-order chi connectivity index (χ1) is 11.8. The summed E-state index contributed by atoms with van der Waals surface area (Å²) >= 11 is 1.73. The third kappa shape index (κ3) is 5.80. The Hall–Kier alpha value is -1.44. The Morgan fingerprint density at radius 2 is 1.96 bits per heavy atom. The fourth-order valence-corrected chi connectivity index (χ4v) is 4.18. The number of fused-ring (bicyclic) bond motifs is 2. The second kappa shape index (κ2) is 8.78. The van der Waals surface area contributed by atoms with E-state index in [4.69, 9.17) is 9.73 Å². The largest absolute Gasteiger partial charge is 0.444 e. The van der Waals surface area contributed by atoms with Gasteiger partial charge in [-0.25, -0.2) is 4.79 Å². The highest BCUT2D eigenvalue weighted by Gasteiger charge is 2.41. The number of thioether (sulfide) groups is 1. The zero-order valence-electron chi connectivity index (χ0n) is 15.7. The number of piperazine rings is 1. The van der Waals surface area contributed by atoms with Crippen LogP contribution in [0.5, 0.6) is 0 Å². The molecule has 2 amide bonds. The fraction of sp³-hybridized carbons (Fsp3) is 0.824. The number of nitrogens with one attached hydrogen (secondary N) is 1. The Morgan fingerprint density at radius 3 is 2.48 bits per heavy atom. The summed E-state index contributed by atoms with van der Waals surface area (Å²) < 4.78 is 5.22. The summed E-state index contributed by atoms with van der Waals surface area (Å²) in [5.74, 6) is 0.950. The Balaban J connectivity index is 1.89. The van der Waals surface area contributed by atoms with Crippen LogP contribution in [0.25, 0.3) is 0 Å². The van der Waals surface area contributed by atoms with Gasteiger partial charge in [0.1, 0.15) is 5.60 Å². The van der Waals surface area contributed by atoms with E-state index in [2.05, 4.69) is 17.1 Å². The lowest BCUT2D eigenvalue weighted by molar-refractivity contribution is -0.120. The monoisotopic (exact) mass is 370 g/mol. The summed E-state index contributed by atoms with van der Waals surface area (Å²) in [5, 5.41) is 3.78. The standard InChI is InChI=1S/C17H30N4O3S/c1-5-25-15(18-8-9-19-16(23)24-17(2,3)4)21-13-6-7-14(21)11-20(10-13)12-22/h12-14H,5-11H2,1-4H3,(H,19,23)/b18-15+. The Kier molecular flexibility index (Phi) is 6.98. The highest BCUT2D eigenvalue weighted by molar-refractivity contribution is 8.13. The number of nitrogens with zero attached hydrogens (tertiary/aromatic N) is 3. The number of amides is 2. The summed E-state index contributed by atoms with van der Waals surface area (Å²) in [6, 6.07) is 0.723. The van der Waals surface area contributed by atoms with Crippen molar-refractivity contribution < 1.29 is 14.3 Å². The molecular formula is C17H30N4O3S. The number of amidine groups is 1. The van der Waals surface area contributed by atoms with Crippen LogP contribution in [0.4, 0.5) is 4.79 Å². The van der Waals surface area contributed by atoms with Crippen LogP contribution in [0.2, 0.25) is 0 Å². The number of carbonyl (C=O) groups is 2. The van der Waals surface area contributed by atoms with E-state index in [0.29, 0.717) is 25.2 Å². The molecule has 0 aromatic rings. The average Bonchev–Trinajstić information content (AvgIpc) is 2.78. The van der Waals surface area contributed by atoms with Crippen LogP contribution in [-0.2, 0) is 9.53 Å². The van der Waals surface area contributed by atoms with Gasteiger partial charge in [0.2, 0.25) is 6.41 Å². The molecule has 7 nitrogen and oxygen atoms in total. The summed E-state index contributed by atoms with van der Waals surface area (Å²) in [4.78, 5) is 31.7. The predicted molar refractivity (Wildman–Crippen MR) is 101 cm³/mol. The number of alkyl carbamates (subject to hydrolysis) is 1. The van der Waals surface area contributed by atoms with E-state index in [1.54, 1.807) is 11.8 Å². The van der Waals surface area contributed by atoms with Crippen molar-refractivity contribution in [3.8, 4) is 0 Å². The first-order valence-corrected chi connectivity index (χ1v) is 9.94. The van der Waals surface area contributed by atoms with Crippen molar-refractivity contribution in [3.05, 3.63) is 0 Å². The van der Waals surface area contributed by atoms with Crippen LogP contribution in [0.1, 0.15) is 40.5 Å². The van der Waals surface area contributed by atoms with E-state index in [9.17, 15) is 9.59 Å². The molecule has 2 heterocycles. The molecule has 1 N–H and O–H groups in total. The Morgan fingerprint density at radius 1 is 1.32 bits per heavy atom. The van der Waals surface area contributed by atoms with Gasteiger partial charge in [-0.1, -0.05) is 18.7 Å². The second-order valence-electron chi connectivity index (χ2n) is 7.38. The van der Waals surface area contributed by atoms with E-state index in [-0.39, 0.29) is 0 Å². The summed E-state index contributed by atoms with van der Waals surface area (Å²) in [6.07, 6.45) is 2.76. The highest BCUT2D eigenvalue weighted by atomic mass is 32.2. The molecule has 8 heteroatoms. The number of ether oxygens (including phenoxy) is 1. The normalized spacial score (nSPS) is 23.6. The fourth-order valence-electron chi connectivity index (χ4n) is 3.29. The Bertz CT molecular complexity index is 493. The van der Waals surface area contributed by atoms with Crippen molar-refractivity contribution in [2.24, 2.45) is 4.99 Å². The van der Waals surface area contributed by atoms with Crippen molar-refractivity contribution >= 4 is 29.4 Å². The average molecular weight is 371 g/mol. The maximum absolute atomic E-state index is 11.7. The van der Waals surface area contributed by atoms with Crippen LogP contribution >= 0.6 is 11.8 Å². The molecule has 2 atom stereocenters. The molecule has 25 heavy (non-hydrogen) atoms. The molecule has 2 bridgehead atoms. The van der Waals surface area contributed by atoms with Gasteiger partial charge in [-0.15, -0.1) is 0 Å². The van der Waals surface area contributed by atoms with Gasteiger partial charge in [-0.2, -0.15) is 0 Å². The molecule has 0 saturated carbocycles. The van der Waals surface area contributed by atoms with Gasteiger partial charge < -0.3 is 19.9 Å². The van der Waals surface area contributed by atoms with Gasteiger partial charge in [0.25, 0.3) is 0 Å². The number of hydrogen-bond acceptors (Lipinski definition) is 5. The quantitative estimate of drug-likeness (QED) is 0.346. The predicted octanol–water partition coefficient (Wildman–Crippen LogP) is 1.93. The molecule has 2 fully saturated rings. The van der Waals surface area contributed by atoms with E-state index in [0.717, 1.165) is 43.3 Å². The topological polar surface area (TPSA) is 74.2 Å². The van der Waals surface area contributed by atoms with Crippen molar-refractivity contribution in [2.75, 3.05) is 31.9 Å². The maximum atomic E-state index is 11.7. The van der Waals surface area contributed by atoms with Gasteiger partial charge in [0, 0.05) is 31.7 Å². The molecule has 2 saturated heterocycles. The van der Waals surface area contributed by atoms with E-state index in [1.807, 2.05) is 25.7 Å². The van der Waals surface area contributed by atoms with Crippen LogP contribution in [0, 0.1) is 0 Å². The van der Waals surface area contributed by atoms with Gasteiger partial charge in [-0.3, -0.25) is 9.79 Å². The molecule has 2 rings (SSSR count). The molecule has 142 valence electrons. The van der Waals surface area contributed by atoms with Crippen molar-refractivity contribution in [2.45, 2.75) is 58.2 Å². The minimum absolute atomic E-state index is 0.362. The first-order valence-electron chi connectivity index (χ1n) is 8.96. The number of likely N-dealkylation sites (tertiary alicyclic amines) is 1. The lowest BCUT2D eigenvalue weighted by atomic mass is 10.2. The van der Waals surface area contributed by atoms with Crippen LogP contribution in [0.3, 0.4) is 0 Å². The molecular weight excluding hydrogens is 340 g/mol. The summed E-state index contributed by atoms with van der Waals surface area (Å²) in [5.41, 5.74) is -0.492. The lowest BCUT2D eigenvalue weighted by Gasteiger charge is -2.41. The van der Waals surface area contributed by atoms with Crippen LogP contribution < -0.4 is 5.32 Å². The molecule has 0 spiro atoms. The van der Waals surface area contributed by atoms with Gasteiger partial charge >= 0.3 is 6.09 Å². The molecule has 0 aliphatic carbocycles. The van der Waals surface area contributed by atoms with Gasteiger partial charge in [0.15, 0.2) is 5.17 Å². The number of hydrogen-bond donors (Lipinski definition) is 1. The minimum Gasteiger partial charge on any atom is -0.444 e.